The fourth-order valence-electron chi connectivity index (χ4n) is 6.59. The Morgan fingerprint density at radius 2 is 1.77 bits per heavy atom. The highest BCUT2D eigenvalue weighted by molar-refractivity contribution is 6.70. The average Bonchev–Trinajstić information content (AvgIpc) is 2.95. The van der Waals surface area contributed by atoms with E-state index in [4.69, 9.17) is 13.7 Å². The Bertz CT molecular complexity index is 857. The molecule has 5 atom stereocenters. The van der Waals surface area contributed by atoms with Gasteiger partial charge in [-0.05, 0) is 112 Å². The fourth-order valence-corrected chi connectivity index (χ4v) is 8.57. The van der Waals surface area contributed by atoms with Crippen LogP contribution in [0.1, 0.15) is 49.7 Å². The number of fused-ring (bicyclic) bond motifs is 5. The van der Waals surface area contributed by atoms with E-state index in [1.165, 1.54) is 30.5 Å². The Kier molecular flexibility index (Phi) is 5.97. The van der Waals surface area contributed by atoms with Gasteiger partial charge in [-0.25, -0.2) is 0 Å². The summed E-state index contributed by atoms with van der Waals surface area (Å²) < 4.78 is 13.3. The molecule has 3 aliphatic carbocycles. The van der Waals surface area contributed by atoms with Crippen molar-refractivity contribution in [3.05, 3.63) is 29.3 Å². The third kappa shape index (κ3) is 4.53. The molecule has 172 valence electrons. The van der Waals surface area contributed by atoms with Crippen molar-refractivity contribution < 1.29 is 13.7 Å². The molecule has 0 bridgehead atoms. The van der Waals surface area contributed by atoms with Crippen molar-refractivity contribution in [2.24, 2.45) is 22.4 Å². The van der Waals surface area contributed by atoms with Gasteiger partial charge in [-0.1, -0.05) is 18.1 Å². The summed E-state index contributed by atoms with van der Waals surface area (Å²) in [4.78, 5) is 5.25. The molecule has 0 aliphatic heterocycles. The number of oxime groups is 1. The van der Waals surface area contributed by atoms with Gasteiger partial charge in [-0.2, -0.15) is 0 Å². The van der Waals surface area contributed by atoms with Crippen molar-refractivity contribution in [1.29, 1.82) is 0 Å². The summed E-state index contributed by atoms with van der Waals surface area (Å²) >= 11 is 0. The molecular formula is C25H41NO3Si2. The van der Waals surface area contributed by atoms with Crippen molar-refractivity contribution in [1.82, 2.24) is 0 Å². The molecule has 4 rings (SSSR count). The zero-order valence-electron chi connectivity index (χ0n) is 20.7. The van der Waals surface area contributed by atoms with Gasteiger partial charge in [0, 0.05) is 5.41 Å². The minimum atomic E-state index is -1.67. The Hall–Kier alpha value is -1.12. The minimum Gasteiger partial charge on any atom is -0.544 e. The Morgan fingerprint density at radius 3 is 2.42 bits per heavy atom. The molecule has 0 amide bonds. The second-order valence-corrected chi connectivity index (χ2v) is 20.9. The van der Waals surface area contributed by atoms with E-state index < -0.39 is 16.6 Å². The largest absolute Gasteiger partial charge is 0.544 e. The predicted octanol–water partition coefficient (Wildman–Crippen LogP) is 6.59. The van der Waals surface area contributed by atoms with Crippen LogP contribution < -0.4 is 4.43 Å². The molecule has 1 aromatic carbocycles. The predicted molar refractivity (Wildman–Crippen MR) is 133 cm³/mol. The maximum atomic E-state index is 6.93. The summed E-state index contributed by atoms with van der Waals surface area (Å²) in [7, 11) is -1.62. The van der Waals surface area contributed by atoms with E-state index >= 15 is 0 Å². The summed E-state index contributed by atoms with van der Waals surface area (Å²) in [5.74, 6) is 2.80. The topological polar surface area (TPSA) is 40.0 Å². The van der Waals surface area contributed by atoms with Gasteiger partial charge < -0.3 is 13.7 Å². The van der Waals surface area contributed by atoms with Crippen LogP contribution in [0, 0.1) is 17.3 Å². The van der Waals surface area contributed by atoms with Gasteiger partial charge >= 0.3 is 0 Å². The van der Waals surface area contributed by atoms with E-state index in [0.29, 0.717) is 17.8 Å². The molecule has 0 aromatic heterocycles. The highest BCUT2D eigenvalue weighted by atomic mass is 28.4. The molecule has 0 spiro atoms. The molecule has 0 heterocycles. The van der Waals surface area contributed by atoms with Crippen LogP contribution in [0.5, 0.6) is 5.75 Å². The SMILES string of the molecule is CO/N=C1\CCC2C3C(O[Si](C)(C)C)Cc4cc(O[Si](C)(C)C)ccc4C3CCC12C. The van der Waals surface area contributed by atoms with E-state index in [9.17, 15) is 0 Å². The Balaban J connectivity index is 1.73. The standard InChI is InChI=1S/C25H41NO3Si2/c1-25-14-13-20-19-10-9-18(28-30(3,4)5)15-17(19)16-22(29-31(6,7)8)24(20)21(25)11-12-23(25)26-27-2/h9-10,15,20-22,24H,11-14,16H2,1-8H3/b26-23+. The van der Waals surface area contributed by atoms with Gasteiger partial charge in [0.25, 0.3) is 0 Å². The molecular weight excluding hydrogens is 418 g/mol. The van der Waals surface area contributed by atoms with Gasteiger partial charge in [-0.15, -0.1) is 0 Å². The second-order valence-electron chi connectivity index (χ2n) is 12.1. The number of rotatable bonds is 5. The van der Waals surface area contributed by atoms with E-state index in [2.05, 4.69) is 69.6 Å². The molecule has 6 heteroatoms. The smallest absolute Gasteiger partial charge is 0.242 e. The number of nitrogens with zero attached hydrogens (tertiary/aromatic N) is 1. The summed E-state index contributed by atoms with van der Waals surface area (Å²) in [6.45, 7) is 16.2. The quantitative estimate of drug-likeness (QED) is 0.368. The first-order chi connectivity index (χ1) is 14.4. The van der Waals surface area contributed by atoms with E-state index in [-0.39, 0.29) is 11.5 Å². The highest BCUT2D eigenvalue weighted by Crippen LogP contribution is 2.60. The van der Waals surface area contributed by atoms with Gasteiger partial charge in [0.1, 0.15) is 12.9 Å². The molecule has 3 aliphatic rings. The van der Waals surface area contributed by atoms with Crippen LogP contribution in [-0.2, 0) is 15.7 Å². The summed E-state index contributed by atoms with van der Waals surface area (Å²) in [6, 6.07) is 6.91. The first kappa shape index (κ1) is 23.1. The summed E-state index contributed by atoms with van der Waals surface area (Å²) in [6.07, 6.45) is 5.96. The zero-order chi connectivity index (χ0) is 22.6. The average molecular weight is 460 g/mol. The third-order valence-corrected chi connectivity index (χ3v) is 9.43. The van der Waals surface area contributed by atoms with Crippen LogP contribution in [0.3, 0.4) is 0 Å². The number of hydrogen-bond acceptors (Lipinski definition) is 4. The van der Waals surface area contributed by atoms with Crippen LogP contribution in [0.4, 0.5) is 0 Å². The van der Waals surface area contributed by atoms with Gasteiger partial charge in [0.05, 0.1) is 11.8 Å². The molecule has 0 N–H and O–H groups in total. The highest BCUT2D eigenvalue weighted by Gasteiger charge is 2.57. The number of benzene rings is 1. The fraction of sp³-hybridized carbons (Fsp3) is 0.720. The molecule has 5 unspecified atom stereocenters. The van der Waals surface area contributed by atoms with Crippen LogP contribution in [0.25, 0.3) is 0 Å². The normalized spacial score (nSPS) is 34.1. The minimum absolute atomic E-state index is 0.149. The Labute approximate surface area is 191 Å². The lowest BCUT2D eigenvalue weighted by molar-refractivity contribution is -0.000308. The molecule has 0 radical (unpaired) electrons. The molecule has 0 saturated heterocycles. The lowest BCUT2D eigenvalue weighted by Gasteiger charge is -2.52. The molecule has 31 heavy (non-hydrogen) atoms. The lowest BCUT2D eigenvalue weighted by Crippen LogP contribution is -2.51. The lowest BCUT2D eigenvalue weighted by atomic mass is 9.54. The second kappa shape index (κ2) is 8.03. The van der Waals surface area contributed by atoms with Crippen molar-refractivity contribution in [3.8, 4) is 5.75 Å². The van der Waals surface area contributed by atoms with Gasteiger partial charge in [-0.3, -0.25) is 0 Å². The van der Waals surface area contributed by atoms with Crippen molar-refractivity contribution >= 4 is 22.3 Å². The van der Waals surface area contributed by atoms with Gasteiger partial charge in [0.2, 0.25) is 8.32 Å². The summed E-state index contributed by atoms with van der Waals surface area (Å²) in [5.41, 5.74) is 4.42. The van der Waals surface area contributed by atoms with Crippen molar-refractivity contribution in [2.75, 3.05) is 7.11 Å². The van der Waals surface area contributed by atoms with E-state index in [1.807, 2.05) is 0 Å². The number of hydrogen-bond donors (Lipinski definition) is 0. The van der Waals surface area contributed by atoms with Crippen LogP contribution >= 0.6 is 0 Å². The van der Waals surface area contributed by atoms with Crippen LogP contribution in [0.2, 0.25) is 39.3 Å². The van der Waals surface area contributed by atoms with Crippen molar-refractivity contribution in [3.63, 3.8) is 0 Å². The molecule has 4 nitrogen and oxygen atoms in total. The third-order valence-electron chi connectivity index (χ3n) is 7.57. The molecule has 2 fully saturated rings. The van der Waals surface area contributed by atoms with Crippen LogP contribution in [-0.4, -0.2) is 35.6 Å². The summed E-state index contributed by atoms with van der Waals surface area (Å²) in [5, 5.41) is 4.48. The molecule has 1 aromatic rings. The van der Waals surface area contributed by atoms with Gasteiger partial charge in [0.15, 0.2) is 8.32 Å². The Morgan fingerprint density at radius 1 is 1.03 bits per heavy atom. The molecule has 2 saturated carbocycles. The van der Waals surface area contributed by atoms with Crippen molar-refractivity contribution in [2.45, 2.75) is 90.3 Å². The maximum Gasteiger partial charge on any atom is 0.242 e. The first-order valence-corrected chi connectivity index (χ1v) is 18.8. The monoisotopic (exact) mass is 459 g/mol. The van der Waals surface area contributed by atoms with E-state index in [1.54, 1.807) is 12.7 Å². The first-order valence-electron chi connectivity index (χ1n) is 12.0. The zero-order valence-corrected chi connectivity index (χ0v) is 22.7. The maximum absolute atomic E-state index is 6.93. The van der Waals surface area contributed by atoms with E-state index in [0.717, 1.165) is 18.6 Å². The van der Waals surface area contributed by atoms with Crippen LogP contribution in [0.15, 0.2) is 23.4 Å².